The maximum atomic E-state index is 12.9. The van der Waals surface area contributed by atoms with Crippen LogP contribution in [0.1, 0.15) is 12.0 Å². The van der Waals surface area contributed by atoms with Crippen molar-refractivity contribution in [2.45, 2.75) is 18.3 Å². The van der Waals surface area contributed by atoms with E-state index in [1.165, 1.54) is 0 Å². The molecule has 1 heterocycles. The summed E-state index contributed by atoms with van der Waals surface area (Å²) in [6.45, 7) is 0.437. The smallest absolute Gasteiger partial charge is 0.254 e. The SMILES string of the molecule is CS(=O)(=O)N1CCCN(S(=O)(=O)Cc2ccccc2)C1C(=O)NCCN. The van der Waals surface area contributed by atoms with Gasteiger partial charge < -0.3 is 11.1 Å². The van der Waals surface area contributed by atoms with Gasteiger partial charge in [0, 0.05) is 26.2 Å². The molecule has 0 aromatic heterocycles. The molecule has 1 aromatic carbocycles. The average molecular weight is 405 g/mol. The lowest BCUT2D eigenvalue weighted by Crippen LogP contribution is -2.63. The predicted octanol–water partition coefficient (Wildman–Crippen LogP) is -1.12. The van der Waals surface area contributed by atoms with Crippen molar-refractivity contribution in [1.29, 1.82) is 0 Å². The molecule has 0 radical (unpaired) electrons. The molecular formula is C15H24N4O5S2. The summed E-state index contributed by atoms with van der Waals surface area (Å²) in [5.41, 5.74) is 5.93. The molecule has 1 aliphatic heterocycles. The summed E-state index contributed by atoms with van der Waals surface area (Å²) in [6.07, 6.45) is -0.176. The Kier molecular flexibility index (Phi) is 6.74. The number of hydrogen-bond acceptors (Lipinski definition) is 6. The standard InChI is InChI=1S/C15H24N4O5S2/c1-25(21,22)18-10-5-11-19(15(18)14(20)17-9-8-16)26(23,24)12-13-6-3-2-4-7-13/h2-4,6-7,15H,5,8-12,16H2,1H3,(H,17,20). The summed E-state index contributed by atoms with van der Waals surface area (Å²) in [5, 5.41) is 2.49. The molecule has 1 unspecified atom stereocenters. The zero-order valence-corrected chi connectivity index (χ0v) is 16.2. The van der Waals surface area contributed by atoms with Crippen molar-refractivity contribution in [1.82, 2.24) is 13.9 Å². The third-order valence-corrected chi connectivity index (χ3v) is 6.99. The van der Waals surface area contributed by atoms with Crippen LogP contribution in [-0.2, 0) is 30.6 Å². The summed E-state index contributed by atoms with van der Waals surface area (Å²) in [4.78, 5) is 12.5. The third-order valence-electron chi connectivity index (χ3n) is 3.96. The van der Waals surface area contributed by atoms with Gasteiger partial charge in [0.1, 0.15) is 0 Å². The first kappa shape index (κ1) is 20.8. The number of carbonyl (C=O) groups is 1. The summed E-state index contributed by atoms with van der Waals surface area (Å²) in [5.74, 6) is -1.01. The van der Waals surface area contributed by atoms with Gasteiger partial charge in [-0.15, -0.1) is 0 Å². The molecule has 2 rings (SSSR count). The van der Waals surface area contributed by atoms with Crippen LogP contribution in [0.5, 0.6) is 0 Å². The summed E-state index contributed by atoms with van der Waals surface area (Å²) < 4.78 is 51.9. The highest BCUT2D eigenvalue weighted by atomic mass is 32.2. The molecule has 26 heavy (non-hydrogen) atoms. The second-order valence-corrected chi connectivity index (χ2v) is 9.89. The summed E-state index contributed by atoms with van der Waals surface area (Å²) >= 11 is 0. The monoisotopic (exact) mass is 404 g/mol. The number of carbonyl (C=O) groups excluding carboxylic acids is 1. The molecule has 1 aliphatic rings. The molecule has 0 aliphatic carbocycles. The average Bonchev–Trinajstić information content (AvgIpc) is 2.58. The molecular weight excluding hydrogens is 380 g/mol. The number of nitrogens with one attached hydrogen (secondary N) is 1. The van der Waals surface area contributed by atoms with E-state index >= 15 is 0 Å². The molecule has 3 N–H and O–H groups in total. The number of nitrogens with zero attached hydrogens (tertiary/aromatic N) is 2. The van der Waals surface area contributed by atoms with Gasteiger partial charge in [-0.05, 0) is 12.0 Å². The molecule has 1 atom stereocenters. The van der Waals surface area contributed by atoms with Gasteiger partial charge in [0.15, 0.2) is 6.17 Å². The van der Waals surface area contributed by atoms with Crippen molar-refractivity contribution >= 4 is 26.0 Å². The Morgan fingerprint density at radius 3 is 2.35 bits per heavy atom. The van der Waals surface area contributed by atoms with Crippen molar-refractivity contribution in [2.75, 3.05) is 32.4 Å². The van der Waals surface area contributed by atoms with E-state index in [1.54, 1.807) is 30.3 Å². The lowest BCUT2D eigenvalue weighted by molar-refractivity contribution is -0.129. The molecule has 0 bridgehead atoms. The first-order chi connectivity index (χ1) is 12.2. The van der Waals surface area contributed by atoms with E-state index < -0.39 is 32.1 Å². The predicted molar refractivity (Wildman–Crippen MR) is 97.8 cm³/mol. The van der Waals surface area contributed by atoms with Crippen LogP contribution in [-0.4, -0.2) is 70.0 Å². The molecule has 1 aromatic rings. The van der Waals surface area contributed by atoms with Gasteiger partial charge in [-0.3, -0.25) is 4.79 Å². The van der Waals surface area contributed by atoms with Crippen LogP contribution in [0.15, 0.2) is 30.3 Å². The highest BCUT2D eigenvalue weighted by molar-refractivity contribution is 7.89. The van der Waals surface area contributed by atoms with Gasteiger partial charge >= 0.3 is 0 Å². The second-order valence-electron chi connectivity index (χ2n) is 6.03. The van der Waals surface area contributed by atoms with Crippen molar-refractivity contribution < 1.29 is 21.6 Å². The fraction of sp³-hybridized carbons (Fsp3) is 0.533. The van der Waals surface area contributed by atoms with E-state index in [2.05, 4.69) is 5.32 Å². The van der Waals surface area contributed by atoms with E-state index in [1.807, 2.05) is 0 Å². The summed E-state index contributed by atoms with van der Waals surface area (Å²) in [7, 11) is -7.69. The largest absolute Gasteiger partial charge is 0.352 e. The van der Waals surface area contributed by atoms with Crippen LogP contribution >= 0.6 is 0 Å². The minimum atomic E-state index is -3.91. The van der Waals surface area contributed by atoms with Gasteiger partial charge in [0.05, 0.1) is 12.0 Å². The van der Waals surface area contributed by atoms with E-state index in [0.717, 1.165) is 14.9 Å². The number of sulfonamides is 2. The molecule has 0 spiro atoms. The Morgan fingerprint density at radius 1 is 1.15 bits per heavy atom. The molecule has 1 amide bonds. The Bertz CT molecular complexity index is 827. The zero-order valence-electron chi connectivity index (χ0n) is 14.5. The Labute approximate surface area is 154 Å². The Morgan fingerprint density at radius 2 is 1.77 bits per heavy atom. The molecule has 1 saturated heterocycles. The third kappa shape index (κ3) is 5.01. The molecule has 9 nitrogen and oxygen atoms in total. The van der Waals surface area contributed by atoms with E-state index in [0.29, 0.717) is 12.0 Å². The fourth-order valence-electron chi connectivity index (χ4n) is 2.82. The van der Waals surface area contributed by atoms with Crippen LogP contribution in [0.25, 0.3) is 0 Å². The van der Waals surface area contributed by atoms with Gasteiger partial charge in [0.25, 0.3) is 5.91 Å². The normalized spacial score (nSPS) is 20.0. The van der Waals surface area contributed by atoms with Gasteiger partial charge in [-0.25, -0.2) is 16.8 Å². The van der Waals surface area contributed by atoms with Crippen LogP contribution in [0.2, 0.25) is 0 Å². The van der Waals surface area contributed by atoms with Gasteiger partial charge in [0.2, 0.25) is 20.0 Å². The highest BCUT2D eigenvalue weighted by Crippen LogP contribution is 2.23. The minimum absolute atomic E-state index is 0.0713. The first-order valence-corrected chi connectivity index (χ1v) is 11.6. The van der Waals surface area contributed by atoms with Crippen molar-refractivity contribution in [3.05, 3.63) is 35.9 Å². The van der Waals surface area contributed by atoms with Crippen molar-refractivity contribution in [3.63, 3.8) is 0 Å². The maximum absolute atomic E-state index is 12.9. The van der Waals surface area contributed by atoms with E-state index in [-0.39, 0.29) is 31.9 Å². The van der Waals surface area contributed by atoms with Crippen LogP contribution < -0.4 is 11.1 Å². The lowest BCUT2D eigenvalue weighted by atomic mass is 10.2. The lowest BCUT2D eigenvalue weighted by Gasteiger charge is -2.40. The quantitative estimate of drug-likeness (QED) is 0.592. The number of amides is 1. The van der Waals surface area contributed by atoms with E-state index in [4.69, 9.17) is 5.73 Å². The number of rotatable bonds is 7. The Balaban J connectivity index is 2.37. The van der Waals surface area contributed by atoms with Gasteiger partial charge in [-0.2, -0.15) is 8.61 Å². The first-order valence-electron chi connectivity index (χ1n) is 8.15. The number of hydrogen-bond donors (Lipinski definition) is 2. The van der Waals surface area contributed by atoms with Crippen LogP contribution in [0, 0.1) is 0 Å². The molecule has 11 heteroatoms. The molecule has 0 saturated carbocycles. The molecule has 1 fully saturated rings. The van der Waals surface area contributed by atoms with Crippen LogP contribution in [0.4, 0.5) is 0 Å². The number of nitrogens with two attached hydrogens (primary N) is 1. The van der Waals surface area contributed by atoms with Gasteiger partial charge in [-0.1, -0.05) is 30.3 Å². The minimum Gasteiger partial charge on any atom is -0.352 e. The van der Waals surface area contributed by atoms with Crippen molar-refractivity contribution in [3.8, 4) is 0 Å². The summed E-state index contributed by atoms with van der Waals surface area (Å²) in [6, 6.07) is 8.54. The fourth-order valence-corrected chi connectivity index (χ4v) is 5.62. The second kappa shape index (κ2) is 8.44. The van der Waals surface area contributed by atoms with Crippen LogP contribution in [0.3, 0.4) is 0 Å². The molecule has 146 valence electrons. The Hall–Kier alpha value is -1.53. The zero-order chi connectivity index (χ0) is 19.4. The van der Waals surface area contributed by atoms with Crippen molar-refractivity contribution in [2.24, 2.45) is 5.73 Å². The highest BCUT2D eigenvalue weighted by Gasteiger charge is 2.44. The topological polar surface area (TPSA) is 130 Å². The maximum Gasteiger partial charge on any atom is 0.254 e. The number of benzene rings is 1. The van der Waals surface area contributed by atoms with E-state index in [9.17, 15) is 21.6 Å².